The van der Waals surface area contributed by atoms with Crippen LogP contribution in [-0.4, -0.2) is 10.5 Å². The van der Waals surface area contributed by atoms with Crippen LogP contribution in [0.4, 0.5) is 5.69 Å². The molecule has 1 aromatic carbocycles. The topological polar surface area (TPSA) is 41.5 Å². The van der Waals surface area contributed by atoms with Gasteiger partial charge in [0.1, 0.15) is 0 Å². The molecular formula is C9H11NO2S. The molecule has 0 amide bonds. The Kier molecular flexibility index (Phi) is 2.73. The van der Waals surface area contributed by atoms with Crippen molar-refractivity contribution >= 4 is 17.4 Å². The van der Waals surface area contributed by atoms with Crippen LogP contribution in [-0.2, 0) is 4.99 Å². The molecule has 0 radical (unpaired) electrons. The van der Waals surface area contributed by atoms with E-state index in [0.29, 0.717) is 0 Å². The molecule has 0 aromatic heterocycles. The van der Waals surface area contributed by atoms with Crippen molar-refractivity contribution in [2.24, 2.45) is 0 Å². The summed E-state index contributed by atoms with van der Waals surface area (Å²) in [4.78, 5) is 5.07. The zero-order chi connectivity index (χ0) is 9.10. The molecule has 3 nitrogen and oxygen atoms in total. The van der Waals surface area contributed by atoms with E-state index in [2.05, 4.69) is 10.5 Å². The van der Waals surface area contributed by atoms with Crippen molar-refractivity contribution < 1.29 is 10.2 Å². The van der Waals surface area contributed by atoms with Gasteiger partial charge in [0.2, 0.25) is 0 Å². The molecule has 0 unspecified atom stereocenters. The zero-order valence-electron chi connectivity index (χ0n) is 7.06. The minimum Gasteiger partial charge on any atom is -0.236 e. The highest BCUT2D eigenvalue weighted by Crippen LogP contribution is 2.39. The molecule has 0 heterocycles. The van der Waals surface area contributed by atoms with E-state index >= 15 is 0 Å². The van der Waals surface area contributed by atoms with E-state index in [4.69, 9.17) is 5.26 Å². The Morgan fingerprint density at radius 3 is 2.54 bits per heavy atom. The largest absolute Gasteiger partial charge is 0.236 e. The van der Waals surface area contributed by atoms with E-state index in [1.54, 1.807) is 0 Å². The maximum Gasteiger partial charge on any atom is 0.0635 e. The lowest BCUT2D eigenvalue weighted by Crippen LogP contribution is -1.95. The number of anilines is 1. The molecule has 0 atom stereocenters. The Balaban J connectivity index is 1.95. The van der Waals surface area contributed by atoms with Crippen molar-refractivity contribution in [1.29, 1.82) is 0 Å². The summed E-state index contributed by atoms with van der Waals surface area (Å²) in [5.41, 5.74) is 3.10. The third kappa shape index (κ3) is 2.62. The van der Waals surface area contributed by atoms with E-state index in [0.717, 1.165) is 10.9 Å². The summed E-state index contributed by atoms with van der Waals surface area (Å²) in [6.07, 6.45) is 2.68. The highest BCUT2D eigenvalue weighted by Gasteiger charge is 2.22. The fraction of sp³-hybridized carbons (Fsp3) is 0.333. The molecule has 13 heavy (non-hydrogen) atoms. The van der Waals surface area contributed by atoms with Crippen molar-refractivity contribution in [1.82, 2.24) is 0 Å². The van der Waals surface area contributed by atoms with Crippen molar-refractivity contribution in [2.75, 3.05) is 5.48 Å². The smallest absolute Gasteiger partial charge is 0.0635 e. The predicted octanol–water partition coefficient (Wildman–Crippen LogP) is 2.76. The highest BCUT2D eigenvalue weighted by molar-refractivity contribution is 8.00. The van der Waals surface area contributed by atoms with Gasteiger partial charge in [-0.2, -0.15) is 0 Å². The number of rotatable bonds is 4. The Bertz CT molecular complexity index is 271. The Labute approximate surface area is 81.0 Å². The van der Waals surface area contributed by atoms with E-state index < -0.39 is 0 Å². The zero-order valence-corrected chi connectivity index (χ0v) is 7.88. The molecule has 4 heteroatoms. The standard InChI is InChI=1S/C9H11NO2S/c11-12-10-7-1-3-8(4-2-7)13-9-5-6-9/h1-4,9-11H,5-6H2. The number of hydrogen-bond acceptors (Lipinski definition) is 4. The molecule has 2 rings (SSSR count). The third-order valence-electron chi connectivity index (χ3n) is 1.84. The number of thioether (sulfide) groups is 1. The summed E-state index contributed by atoms with van der Waals surface area (Å²) in [5, 5.41) is 8.95. The van der Waals surface area contributed by atoms with Gasteiger partial charge in [0.15, 0.2) is 0 Å². The lowest BCUT2D eigenvalue weighted by molar-refractivity contribution is -0.215. The van der Waals surface area contributed by atoms with Crippen molar-refractivity contribution in [3.63, 3.8) is 0 Å². The second kappa shape index (κ2) is 4.00. The summed E-state index contributed by atoms with van der Waals surface area (Å²) in [6, 6.07) is 7.79. The second-order valence-corrected chi connectivity index (χ2v) is 4.41. The van der Waals surface area contributed by atoms with Gasteiger partial charge < -0.3 is 0 Å². The predicted molar refractivity (Wildman–Crippen MR) is 52.7 cm³/mol. The van der Waals surface area contributed by atoms with Crippen LogP contribution in [0.1, 0.15) is 12.8 Å². The maximum absolute atomic E-state index is 8.13. The Hall–Kier alpha value is -0.710. The quantitative estimate of drug-likeness (QED) is 0.575. The average molecular weight is 197 g/mol. The first-order chi connectivity index (χ1) is 6.38. The summed E-state index contributed by atoms with van der Waals surface area (Å²) in [5.74, 6) is 0. The van der Waals surface area contributed by atoms with Crippen molar-refractivity contribution in [2.45, 2.75) is 23.0 Å². The fourth-order valence-electron chi connectivity index (χ4n) is 1.03. The van der Waals surface area contributed by atoms with Crippen molar-refractivity contribution in [3.05, 3.63) is 24.3 Å². The summed E-state index contributed by atoms with van der Waals surface area (Å²) < 4.78 is 0. The SMILES string of the molecule is OONc1ccc(SC2CC2)cc1. The summed E-state index contributed by atoms with van der Waals surface area (Å²) in [6.45, 7) is 0. The molecule has 1 saturated carbocycles. The van der Waals surface area contributed by atoms with E-state index in [9.17, 15) is 0 Å². The van der Waals surface area contributed by atoms with Crippen LogP contribution in [0.5, 0.6) is 0 Å². The molecule has 0 spiro atoms. The molecule has 70 valence electrons. The van der Waals surface area contributed by atoms with Crippen LogP contribution in [0.15, 0.2) is 29.2 Å². The fourth-order valence-corrected chi connectivity index (χ4v) is 2.08. The average Bonchev–Trinajstić information content (AvgIpc) is 2.93. The molecule has 1 aromatic rings. The first-order valence-corrected chi connectivity index (χ1v) is 5.09. The minimum atomic E-state index is 0.752. The van der Waals surface area contributed by atoms with Gasteiger partial charge >= 0.3 is 0 Å². The maximum atomic E-state index is 8.13. The van der Waals surface area contributed by atoms with Gasteiger partial charge in [-0.1, -0.05) is 0 Å². The molecule has 1 fully saturated rings. The summed E-state index contributed by atoms with van der Waals surface area (Å²) >= 11 is 1.91. The lowest BCUT2D eigenvalue weighted by atomic mass is 10.3. The van der Waals surface area contributed by atoms with Gasteiger partial charge in [0.05, 0.1) is 5.69 Å². The van der Waals surface area contributed by atoms with Gasteiger partial charge in [0, 0.05) is 10.1 Å². The van der Waals surface area contributed by atoms with Crippen molar-refractivity contribution in [3.8, 4) is 0 Å². The third-order valence-corrected chi connectivity index (χ3v) is 3.19. The monoisotopic (exact) mass is 197 g/mol. The number of hydrogen-bond donors (Lipinski definition) is 2. The lowest BCUT2D eigenvalue weighted by Gasteiger charge is -2.02. The molecule has 1 aliphatic rings. The van der Waals surface area contributed by atoms with Gasteiger partial charge in [-0.15, -0.1) is 16.8 Å². The minimum absolute atomic E-state index is 0.752. The van der Waals surface area contributed by atoms with Gasteiger partial charge in [-0.25, -0.2) is 10.7 Å². The first-order valence-electron chi connectivity index (χ1n) is 4.21. The second-order valence-electron chi connectivity index (χ2n) is 3.03. The van der Waals surface area contributed by atoms with Gasteiger partial charge in [-0.05, 0) is 37.1 Å². The molecular weight excluding hydrogens is 186 g/mol. The highest BCUT2D eigenvalue weighted by atomic mass is 32.2. The van der Waals surface area contributed by atoms with Crippen LogP contribution in [0, 0.1) is 0 Å². The van der Waals surface area contributed by atoms with Crippen LogP contribution < -0.4 is 5.48 Å². The van der Waals surface area contributed by atoms with Crippen LogP contribution in [0.3, 0.4) is 0 Å². The molecule has 2 N–H and O–H groups in total. The molecule has 0 bridgehead atoms. The van der Waals surface area contributed by atoms with E-state index in [1.165, 1.54) is 17.7 Å². The molecule has 0 saturated heterocycles. The molecule has 0 aliphatic heterocycles. The van der Waals surface area contributed by atoms with Crippen LogP contribution in [0.2, 0.25) is 0 Å². The molecule has 1 aliphatic carbocycles. The van der Waals surface area contributed by atoms with E-state index in [1.807, 2.05) is 36.0 Å². The van der Waals surface area contributed by atoms with E-state index in [-0.39, 0.29) is 0 Å². The number of nitrogens with one attached hydrogen (secondary N) is 1. The normalized spacial score (nSPS) is 15.8. The van der Waals surface area contributed by atoms with Gasteiger partial charge in [-0.3, -0.25) is 0 Å². The summed E-state index contributed by atoms with van der Waals surface area (Å²) in [7, 11) is 0. The number of benzene rings is 1. The van der Waals surface area contributed by atoms with Crippen LogP contribution in [0.25, 0.3) is 0 Å². The first kappa shape index (κ1) is 8.87. The Morgan fingerprint density at radius 1 is 1.31 bits per heavy atom. The van der Waals surface area contributed by atoms with Crippen LogP contribution >= 0.6 is 11.8 Å². The Morgan fingerprint density at radius 2 is 2.00 bits per heavy atom. The van der Waals surface area contributed by atoms with Gasteiger partial charge in [0.25, 0.3) is 0 Å².